The van der Waals surface area contributed by atoms with Crippen LogP contribution in [0.15, 0.2) is 35.8 Å². The lowest BCUT2D eigenvalue weighted by atomic mass is 9.85. The molecule has 1 aromatic heterocycles. The van der Waals surface area contributed by atoms with Crippen molar-refractivity contribution in [3.05, 3.63) is 46.4 Å². The number of ether oxygens (including phenoxy) is 1. The summed E-state index contributed by atoms with van der Waals surface area (Å²) in [6.45, 7) is 6.72. The lowest BCUT2D eigenvalue weighted by Crippen LogP contribution is -2.56. The van der Waals surface area contributed by atoms with Gasteiger partial charge in [0.05, 0.1) is 13.7 Å². The van der Waals surface area contributed by atoms with Crippen molar-refractivity contribution in [1.29, 1.82) is 0 Å². The maximum Gasteiger partial charge on any atom is 0.327 e. The Morgan fingerprint density at radius 3 is 2.45 bits per heavy atom. The fraction of sp³-hybridized carbons (Fsp3) is 0.522. The van der Waals surface area contributed by atoms with Gasteiger partial charge in [0, 0.05) is 37.3 Å². The first-order valence-electron chi connectivity index (χ1n) is 10.8. The molecule has 0 atom stereocenters. The molecule has 2 aromatic rings. The van der Waals surface area contributed by atoms with Crippen LogP contribution in [0.1, 0.15) is 37.3 Å². The van der Waals surface area contributed by atoms with Crippen LogP contribution in [0.4, 0.5) is 4.79 Å². The summed E-state index contributed by atoms with van der Waals surface area (Å²) in [4.78, 5) is 36.8. The first-order valence-corrected chi connectivity index (χ1v) is 11.7. The molecule has 7 nitrogen and oxygen atoms in total. The predicted molar refractivity (Wildman–Crippen MR) is 120 cm³/mol. The van der Waals surface area contributed by atoms with E-state index in [1.54, 1.807) is 18.4 Å². The molecule has 0 N–H and O–H groups in total. The van der Waals surface area contributed by atoms with Crippen molar-refractivity contribution >= 4 is 23.3 Å². The third-order valence-corrected chi connectivity index (χ3v) is 7.16. The monoisotopic (exact) mass is 442 g/mol. The molecule has 3 amide bonds. The number of carbonyl (C=O) groups is 2. The molecule has 166 valence electrons. The third-order valence-electron chi connectivity index (χ3n) is 6.40. The van der Waals surface area contributed by atoms with E-state index in [0.29, 0.717) is 25.8 Å². The summed E-state index contributed by atoms with van der Waals surface area (Å²) in [6.07, 6.45) is 3.86. The minimum atomic E-state index is -0.729. The average Bonchev–Trinajstić information content (AvgIpc) is 3.34. The zero-order valence-corrected chi connectivity index (χ0v) is 19.2. The second kappa shape index (κ2) is 8.96. The van der Waals surface area contributed by atoms with Gasteiger partial charge in [-0.25, -0.2) is 9.78 Å². The van der Waals surface area contributed by atoms with Crippen LogP contribution in [-0.2, 0) is 17.8 Å². The van der Waals surface area contributed by atoms with Crippen molar-refractivity contribution in [3.8, 4) is 5.75 Å². The third kappa shape index (κ3) is 4.19. The smallest absolute Gasteiger partial charge is 0.327 e. The number of nitrogens with zero attached hydrogens (tertiary/aromatic N) is 4. The van der Waals surface area contributed by atoms with Crippen molar-refractivity contribution in [2.75, 3.05) is 26.7 Å². The summed E-state index contributed by atoms with van der Waals surface area (Å²) in [6, 6.07) is 7.60. The van der Waals surface area contributed by atoms with Gasteiger partial charge in [-0.1, -0.05) is 12.1 Å². The SMILES string of the molecule is COc1ccc(CCN2C(=O)N(C(C)C)C(=O)C23CCN(Cc2nccs2)CC3)cc1. The van der Waals surface area contributed by atoms with E-state index in [2.05, 4.69) is 9.88 Å². The Bertz CT molecular complexity index is 905. The number of benzene rings is 1. The Kier molecular flexibility index (Phi) is 6.29. The first kappa shape index (κ1) is 21.8. The van der Waals surface area contributed by atoms with Crippen LogP contribution in [0, 0.1) is 0 Å². The van der Waals surface area contributed by atoms with Crippen molar-refractivity contribution in [1.82, 2.24) is 19.7 Å². The van der Waals surface area contributed by atoms with Crippen molar-refractivity contribution < 1.29 is 14.3 Å². The molecule has 1 aromatic carbocycles. The Hall–Kier alpha value is -2.45. The van der Waals surface area contributed by atoms with Gasteiger partial charge in [0.15, 0.2) is 0 Å². The first-order chi connectivity index (χ1) is 14.9. The quantitative estimate of drug-likeness (QED) is 0.615. The summed E-state index contributed by atoms with van der Waals surface area (Å²) in [5.74, 6) is 0.780. The number of thiazole rings is 1. The summed E-state index contributed by atoms with van der Waals surface area (Å²) in [5.41, 5.74) is 0.396. The second-order valence-corrected chi connectivity index (χ2v) is 9.51. The summed E-state index contributed by atoms with van der Waals surface area (Å²) in [5, 5.41) is 3.08. The maximum atomic E-state index is 13.5. The van der Waals surface area contributed by atoms with E-state index >= 15 is 0 Å². The number of urea groups is 1. The van der Waals surface area contributed by atoms with Gasteiger partial charge in [0.25, 0.3) is 5.91 Å². The van der Waals surface area contributed by atoms with E-state index in [-0.39, 0.29) is 18.0 Å². The summed E-state index contributed by atoms with van der Waals surface area (Å²) < 4.78 is 5.23. The van der Waals surface area contributed by atoms with Crippen LogP contribution in [0.3, 0.4) is 0 Å². The predicted octanol–water partition coefficient (Wildman–Crippen LogP) is 3.40. The molecule has 1 spiro atoms. The number of likely N-dealkylation sites (tertiary alicyclic amines) is 1. The number of methoxy groups -OCH3 is 1. The standard InChI is InChI=1S/C23H30N4O3S/c1-17(2)27-21(28)23(9-13-25(14-10-23)16-20-24-11-15-31-20)26(22(27)29)12-8-18-4-6-19(30-3)7-5-18/h4-7,11,15,17H,8-10,12-14,16H2,1-3H3. The van der Waals surface area contributed by atoms with Crippen molar-refractivity contribution in [2.45, 2.75) is 51.2 Å². The highest BCUT2D eigenvalue weighted by Crippen LogP contribution is 2.38. The van der Waals surface area contributed by atoms with E-state index in [9.17, 15) is 9.59 Å². The highest BCUT2D eigenvalue weighted by molar-refractivity contribution is 7.09. The molecule has 8 heteroatoms. The van der Waals surface area contributed by atoms with Gasteiger partial charge in [-0.2, -0.15) is 0 Å². The maximum absolute atomic E-state index is 13.5. The van der Waals surface area contributed by atoms with Gasteiger partial charge in [0.1, 0.15) is 16.3 Å². The Morgan fingerprint density at radius 1 is 1.16 bits per heavy atom. The molecular formula is C23H30N4O3S. The number of hydrogen-bond donors (Lipinski definition) is 0. The van der Waals surface area contributed by atoms with Crippen molar-refractivity contribution in [3.63, 3.8) is 0 Å². The second-order valence-electron chi connectivity index (χ2n) is 8.53. The molecule has 2 aliphatic rings. The molecule has 4 rings (SSSR count). The lowest BCUT2D eigenvalue weighted by molar-refractivity contribution is -0.136. The largest absolute Gasteiger partial charge is 0.497 e. The average molecular weight is 443 g/mol. The number of rotatable bonds is 7. The van der Waals surface area contributed by atoms with E-state index in [1.165, 1.54) is 4.90 Å². The van der Waals surface area contributed by atoms with Crippen molar-refractivity contribution in [2.24, 2.45) is 0 Å². The Labute approximate surface area is 187 Å². The van der Waals surface area contributed by atoms with Crippen LogP contribution >= 0.6 is 11.3 Å². The van der Waals surface area contributed by atoms with Gasteiger partial charge in [-0.3, -0.25) is 14.6 Å². The topological polar surface area (TPSA) is 66.0 Å². The molecular weight excluding hydrogens is 412 g/mol. The zero-order chi connectivity index (χ0) is 22.0. The molecule has 0 saturated carbocycles. The van der Waals surface area contributed by atoms with Crippen LogP contribution in [0.25, 0.3) is 0 Å². The van der Waals surface area contributed by atoms with E-state index in [1.807, 2.05) is 54.6 Å². The number of aromatic nitrogens is 1. The van der Waals surface area contributed by atoms with E-state index < -0.39 is 5.54 Å². The summed E-state index contributed by atoms with van der Waals surface area (Å²) >= 11 is 1.65. The Balaban J connectivity index is 1.50. The molecule has 31 heavy (non-hydrogen) atoms. The van der Waals surface area contributed by atoms with E-state index in [4.69, 9.17) is 4.74 Å². The fourth-order valence-electron chi connectivity index (χ4n) is 4.63. The van der Waals surface area contributed by atoms with E-state index in [0.717, 1.165) is 36.0 Å². The number of piperidine rings is 1. The minimum Gasteiger partial charge on any atom is -0.497 e. The van der Waals surface area contributed by atoms with Gasteiger partial charge in [-0.15, -0.1) is 11.3 Å². The lowest BCUT2D eigenvalue weighted by Gasteiger charge is -2.42. The fourth-order valence-corrected chi connectivity index (χ4v) is 5.28. The molecule has 2 saturated heterocycles. The van der Waals surface area contributed by atoms with Gasteiger partial charge in [0.2, 0.25) is 0 Å². The van der Waals surface area contributed by atoms with Crippen LogP contribution in [-0.4, -0.2) is 69.9 Å². The summed E-state index contributed by atoms with van der Waals surface area (Å²) in [7, 11) is 1.65. The molecule has 3 heterocycles. The number of hydrogen-bond acceptors (Lipinski definition) is 6. The highest BCUT2D eigenvalue weighted by atomic mass is 32.1. The minimum absolute atomic E-state index is 0.0314. The number of imide groups is 1. The van der Waals surface area contributed by atoms with Crippen LogP contribution < -0.4 is 4.74 Å². The van der Waals surface area contributed by atoms with Gasteiger partial charge in [-0.05, 0) is 50.8 Å². The molecule has 0 unspecified atom stereocenters. The highest BCUT2D eigenvalue weighted by Gasteiger charge is 2.58. The number of carbonyl (C=O) groups excluding carboxylic acids is 2. The van der Waals surface area contributed by atoms with Crippen LogP contribution in [0.5, 0.6) is 5.75 Å². The molecule has 0 aliphatic carbocycles. The molecule has 2 aliphatic heterocycles. The van der Waals surface area contributed by atoms with Gasteiger partial charge >= 0.3 is 6.03 Å². The Morgan fingerprint density at radius 2 is 1.87 bits per heavy atom. The molecule has 0 bridgehead atoms. The molecule has 0 radical (unpaired) electrons. The zero-order valence-electron chi connectivity index (χ0n) is 18.4. The van der Waals surface area contributed by atoms with Gasteiger partial charge < -0.3 is 9.64 Å². The van der Waals surface area contributed by atoms with Crippen LogP contribution in [0.2, 0.25) is 0 Å². The molecule has 2 fully saturated rings. The number of amides is 3. The normalized spacial score (nSPS) is 19.1.